The number of fused-ring (bicyclic) bond motifs is 1. The maximum atomic E-state index is 12.4. The largest absolute Gasteiger partial charge is 0.490 e. The number of epoxide rings is 1. The van der Waals surface area contributed by atoms with Crippen molar-refractivity contribution in [1.29, 1.82) is 0 Å². The Morgan fingerprint density at radius 1 is 1.28 bits per heavy atom. The second-order valence-corrected chi connectivity index (χ2v) is 5.77. The molecule has 0 spiro atoms. The number of nitro groups is 1. The summed E-state index contributed by atoms with van der Waals surface area (Å²) in [7, 11) is 0. The van der Waals surface area contributed by atoms with Crippen LogP contribution in [-0.4, -0.2) is 30.1 Å². The maximum absolute atomic E-state index is 12.4. The van der Waals surface area contributed by atoms with Crippen LogP contribution in [0.5, 0.6) is 5.75 Å². The highest BCUT2D eigenvalue weighted by Gasteiger charge is 2.30. The third-order valence-electron chi connectivity index (χ3n) is 4.05. The van der Waals surface area contributed by atoms with E-state index in [0.717, 1.165) is 0 Å². The first kappa shape index (κ1) is 15.3. The molecule has 0 radical (unpaired) electrons. The van der Waals surface area contributed by atoms with E-state index in [0.29, 0.717) is 41.4 Å². The second-order valence-electron chi connectivity index (χ2n) is 5.77. The van der Waals surface area contributed by atoms with Crippen LogP contribution < -0.4 is 10.1 Å². The van der Waals surface area contributed by atoms with Gasteiger partial charge >= 0.3 is 0 Å². The Bertz CT molecular complexity index is 902. The Morgan fingerprint density at radius 3 is 2.84 bits per heavy atom. The van der Waals surface area contributed by atoms with E-state index in [1.54, 1.807) is 36.4 Å². The number of hydrogen-bond acceptors (Lipinski definition) is 5. The van der Waals surface area contributed by atoms with E-state index in [2.05, 4.69) is 5.32 Å². The van der Waals surface area contributed by atoms with Gasteiger partial charge in [-0.15, -0.1) is 0 Å². The quantitative estimate of drug-likeness (QED) is 0.391. The van der Waals surface area contributed by atoms with Gasteiger partial charge in [-0.3, -0.25) is 14.9 Å². The summed E-state index contributed by atoms with van der Waals surface area (Å²) in [6.45, 7) is 1.08. The highest BCUT2D eigenvalue weighted by atomic mass is 16.6. The summed E-state index contributed by atoms with van der Waals surface area (Å²) in [5, 5.41) is 14.0. The molecule has 1 amide bonds. The van der Waals surface area contributed by atoms with Crippen molar-refractivity contribution < 1.29 is 19.2 Å². The first-order valence-electron chi connectivity index (χ1n) is 7.78. The summed E-state index contributed by atoms with van der Waals surface area (Å²) in [5.41, 5.74) is 1.90. The molecule has 2 aliphatic rings. The molecule has 0 bridgehead atoms. The number of nitrogens with one attached hydrogen (secondary N) is 1. The molecule has 2 aromatic carbocycles. The van der Waals surface area contributed by atoms with Crippen molar-refractivity contribution in [2.45, 2.75) is 6.10 Å². The van der Waals surface area contributed by atoms with Gasteiger partial charge in [-0.2, -0.15) is 0 Å². The van der Waals surface area contributed by atoms with Crippen LogP contribution in [-0.2, 0) is 9.53 Å². The second kappa shape index (κ2) is 6.03. The Hall–Kier alpha value is -3.19. The van der Waals surface area contributed by atoms with Crippen molar-refractivity contribution in [3.63, 3.8) is 0 Å². The number of benzene rings is 2. The molecule has 126 valence electrons. The molecule has 1 saturated heterocycles. The lowest BCUT2D eigenvalue weighted by Crippen LogP contribution is -2.06. The zero-order valence-corrected chi connectivity index (χ0v) is 13.1. The topological polar surface area (TPSA) is 94.0 Å². The van der Waals surface area contributed by atoms with Crippen LogP contribution in [0, 0.1) is 10.1 Å². The molecule has 4 rings (SSSR count). The number of nitrogens with zero attached hydrogens (tertiary/aromatic N) is 1. The van der Waals surface area contributed by atoms with Crippen molar-refractivity contribution >= 4 is 28.9 Å². The lowest BCUT2D eigenvalue weighted by atomic mass is 10.0. The predicted octanol–water partition coefficient (Wildman–Crippen LogP) is 2.87. The van der Waals surface area contributed by atoms with E-state index in [9.17, 15) is 14.9 Å². The minimum atomic E-state index is -0.465. The van der Waals surface area contributed by atoms with Crippen molar-refractivity contribution in [2.75, 3.05) is 18.5 Å². The summed E-state index contributed by atoms with van der Waals surface area (Å²) in [5.74, 6) is 0.239. The van der Waals surface area contributed by atoms with Crippen molar-refractivity contribution in [1.82, 2.24) is 0 Å². The van der Waals surface area contributed by atoms with E-state index in [4.69, 9.17) is 9.47 Å². The fourth-order valence-electron chi connectivity index (χ4n) is 2.75. The monoisotopic (exact) mass is 338 g/mol. The zero-order valence-electron chi connectivity index (χ0n) is 13.1. The average molecular weight is 338 g/mol. The summed E-state index contributed by atoms with van der Waals surface area (Å²) in [6, 6.07) is 11.6. The molecule has 2 aliphatic heterocycles. The van der Waals surface area contributed by atoms with Gasteiger partial charge in [-0.05, 0) is 24.3 Å². The number of rotatable bonds is 5. The minimum Gasteiger partial charge on any atom is -0.490 e. The summed E-state index contributed by atoms with van der Waals surface area (Å²) >= 11 is 0. The summed E-state index contributed by atoms with van der Waals surface area (Å²) in [4.78, 5) is 23.1. The third kappa shape index (κ3) is 2.97. The first-order valence-corrected chi connectivity index (χ1v) is 7.78. The zero-order chi connectivity index (χ0) is 17.4. The number of para-hydroxylation sites is 1. The smallest absolute Gasteiger partial charge is 0.276 e. The third-order valence-corrected chi connectivity index (χ3v) is 4.05. The predicted molar refractivity (Wildman–Crippen MR) is 91.3 cm³/mol. The van der Waals surface area contributed by atoms with E-state index in [-0.39, 0.29) is 17.7 Å². The Morgan fingerprint density at radius 2 is 2.08 bits per heavy atom. The maximum Gasteiger partial charge on any atom is 0.276 e. The molecule has 1 atom stereocenters. The fourth-order valence-corrected chi connectivity index (χ4v) is 2.75. The lowest BCUT2D eigenvalue weighted by molar-refractivity contribution is -0.385. The van der Waals surface area contributed by atoms with Crippen molar-refractivity contribution in [3.05, 3.63) is 63.7 Å². The van der Waals surface area contributed by atoms with E-state index in [1.807, 2.05) is 0 Å². The van der Waals surface area contributed by atoms with Gasteiger partial charge in [-0.25, -0.2) is 0 Å². The average Bonchev–Trinajstić information content (AvgIpc) is 3.37. The molecule has 1 N–H and O–H groups in total. The number of anilines is 1. The summed E-state index contributed by atoms with van der Waals surface area (Å²) < 4.78 is 10.9. The number of carbonyl (C=O) groups is 1. The van der Waals surface area contributed by atoms with Gasteiger partial charge in [-0.1, -0.05) is 18.2 Å². The molecule has 7 nitrogen and oxygen atoms in total. The highest BCUT2D eigenvalue weighted by Crippen LogP contribution is 2.40. The molecule has 1 fully saturated rings. The fraction of sp³-hybridized carbons (Fsp3) is 0.167. The van der Waals surface area contributed by atoms with Gasteiger partial charge < -0.3 is 14.8 Å². The van der Waals surface area contributed by atoms with Crippen LogP contribution in [0.1, 0.15) is 11.1 Å². The lowest BCUT2D eigenvalue weighted by Gasteiger charge is -2.09. The molecule has 0 aromatic heterocycles. The number of amides is 1. The standard InChI is InChI=1S/C18H14N2O5/c21-18-13(8-11-4-1-2-6-15(11)20(22)23)17-14(19-18)5-3-7-16(17)25-10-12-9-24-12/h1-8,12H,9-10H2,(H,19,21)/b13-8+. The van der Waals surface area contributed by atoms with Gasteiger partial charge in [0.15, 0.2) is 0 Å². The number of hydrogen-bond donors (Lipinski definition) is 1. The van der Waals surface area contributed by atoms with E-state index < -0.39 is 4.92 Å². The normalized spacial score (nSPS) is 19.4. The van der Waals surface area contributed by atoms with Crippen LogP contribution in [0.4, 0.5) is 11.4 Å². The van der Waals surface area contributed by atoms with Crippen LogP contribution >= 0.6 is 0 Å². The number of ether oxygens (including phenoxy) is 2. The SMILES string of the molecule is O=C1Nc2cccc(OCC3CO3)c2/C1=C\c1ccccc1[N+](=O)[O-]. The molecule has 2 heterocycles. The minimum absolute atomic E-state index is 0.0546. The van der Waals surface area contributed by atoms with E-state index in [1.165, 1.54) is 12.1 Å². The van der Waals surface area contributed by atoms with Gasteiger partial charge in [0.25, 0.3) is 11.6 Å². The van der Waals surface area contributed by atoms with Crippen molar-refractivity contribution in [3.8, 4) is 5.75 Å². The van der Waals surface area contributed by atoms with Crippen LogP contribution in [0.25, 0.3) is 11.6 Å². The van der Waals surface area contributed by atoms with Crippen molar-refractivity contribution in [2.24, 2.45) is 0 Å². The van der Waals surface area contributed by atoms with Crippen LogP contribution in [0.3, 0.4) is 0 Å². The summed E-state index contributed by atoms with van der Waals surface area (Å²) in [6.07, 6.45) is 1.61. The molecule has 0 saturated carbocycles. The number of nitro benzene ring substituents is 1. The van der Waals surface area contributed by atoms with Crippen LogP contribution in [0.15, 0.2) is 42.5 Å². The molecule has 0 aliphatic carbocycles. The molecule has 1 unspecified atom stereocenters. The highest BCUT2D eigenvalue weighted by molar-refractivity contribution is 6.35. The van der Waals surface area contributed by atoms with Gasteiger partial charge in [0.1, 0.15) is 18.5 Å². The molecule has 2 aromatic rings. The Labute approximate surface area is 143 Å². The number of carbonyl (C=O) groups excluding carboxylic acids is 1. The molecular weight excluding hydrogens is 324 g/mol. The Kier molecular flexibility index (Phi) is 3.70. The Balaban J connectivity index is 1.77. The van der Waals surface area contributed by atoms with Gasteiger partial charge in [0, 0.05) is 6.07 Å². The van der Waals surface area contributed by atoms with Gasteiger partial charge in [0.2, 0.25) is 0 Å². The first-order chi connectivity index (χ1) is 12.1. The van der Waals surface area contributed by atoms with Gasteiger partial charge in [0.05, 0.1) is 33.9 Å². The molecular formula is C18H14N2O5. The van der Waals surface area contributed by atoms with Crippen LogP contribution in [0.2, 0.25) is 0 Å². The molecule has 25 heavy (non-hydrogen) atoms. The van der Waals surface area contributed by atoms with E-state index >= 15 is 0 Å². The molecule has 7 heteroatoms.